The molecule has 0 aromatic heterocycles. The third-order valence-corrected chi connectivity index (χ3v) is 3.32. The van der Waals surface area contributed by atoms with E-state index in [0.717, 1.165) is 11.1 Å². The van der Waals surface area contributed by atoms with E-state index >= 15 is 0 Å². The van der Waals surface area contributed by atoms with E-state index in [0.29, 0.717) is 11.3 Å². The molecule has 0 fully saturated rings. The fraction of sp³-hybridized carbons (Fsp3) is 0.222. The van der Waals surface area contributed by atoms with Gasteiger partial charge in [-0.2, -0.15) is 0 Å². The second-order valence-corrected chi connectivity index (χ2v) is 5.37. The number of carbonyl (C=O) groups is 2. The number of anilines is 1. The first kappa shape index (κ1) is 16.5. The van der Waals surface area contributed by atoms with Gasteiger partial charge in [0.1, 0.15) is 5.75 Å². The van der Waals surface area contributed by atoms with E-state index in [9.17, 15) is 14.7 Å². The molecule has 23 heavy (non-hydrogen) atoms. The van der Waals surface area contributed by atoms with Crippen LogP contribution in [0.1, 0.15) is 16.7 Å². The summed E-state index contributed by atoms with van der Waals surface area (Å²) in [4.78, 5) is 23.6. The molecule has 120 valence electrons. The molecule has 0 atom stereocenters. The number of nitrogens with one attached hydrogen (secondary N) is 1. The summed E-state index contributed by atoms with van der Waals surface area (Å²) in [6, 6.07) is 12.0. The molecule has 0 aliphatic rings. The molecule has 0 heterocycles. The maximum absolute atomic E-state index is 11.9. The lowest BCUT2D eigenvalue weighted by Crippen LogP contribution is -2.22. The monoisotopic (exact) mass is 313 g/mol. The van der Waals surface area contributed by atoms with Gasteiger partial charge < -0.3 is 15.2 Å². The van der Waals surface area contributed by atoms with Crippen LogP contribution in [-0.4, -0.2) is 23.6 Å². The number of esters is 1. The van der Waals surface area contributed by atoms with Crippen molar-refractivity contribution in [3.05, 3.63) is 59.2 Å². The Bertz CT molecular complexity index is 707. The Kier molecular flexibility index (Phi) is 5.36. The van der Waals surface area contributed by atoms with Crippen LogP contribution in [0, 0.1) is 13.8 Å². The van der Waals surface area contributed by atoms with Crippen LogP contribution in [0.4, 0.5) is 5.69 Å². The van der Waals surface area contributed by atoms with Crippen molar-refractivity contribution in [3.8, 4) is 5.75 Å². The van der Waals surface area contributed by atoms with Crippen LogP contribution in [0.15, 0.2) is 42.5 Å². The van der Waals surface area contributed by atoms with Crippen LogP contribution in [0.3, 0.4) is 0 Å². The average molecular weight is 313 g/mol. The highest BCUT2D eigenvalue weighted by atomic mass is 16.5. The van der Waals surface area contributed by atoms with E-state index in [2.05, 4.69) is 5.32 Å². The minimum atomic E-state index is -0.494. The second-order valence-electron chi connectivity index (χ2n) is 5.37. The Balaban J connectivity index is 1.83. The fourth-order valence-corrected chi connectivity index (χ4v) is 2.03. The summed E-state index contributed by atoms with van der Waals surface area (Å²) in [6.07, 6.45) is 0.0526. The fourth-order valence-electron chi connectivity index (χ4n) is 2.03. The summed E-state index contributed by atoms with van der Waals surface area (Å²) in [5.74, 6) is -0.737. The van der Waals surface area contributed by atoms with Gasteiger partial charge in [-0.15, -0.1) is 0 Å². The molecule has 2 rings (SSSR count). The van der Waals surface area contributed by atoms with Crippen molar-refractivity contribution in [2.24, 2.45) is 0 Å². The lowest BCUT2D eigenvalue weighted by Gasteiger charge is -2.10. The van der Waals surface area contributed by atoms with Crippen LogP contribution in [0.2, 0.25) is 0 Å². The number of ether oxygens (including phenoxy) is 1. The minimum Gasteiger partial charge on any atom is -0.508 e. The largest absolute Gasteiger partial charge is 0.508 e. The number of hydrogen-bond donors (Lipinski definition) is 2. The van der Waals surface area contributed by atoms with E-state index in [1.807, 2.05) is 32.0 Å². The van der Waals surface area contributed by atoms with Crippen LogP contribution < -0.4 is 5.32 Å². The van der Waals surface area contributed by atoms with Gasteiger partial charge in [-0.1, -0.05) is 24.3 Å². The maximum Gasteiger partial charge on any atom is 0.310 e. The lowest BCUT2D eigenvalue weighted by atomic mass is 10.1. The van der Waals surface area contributed by atoms with E-state index < -0.39 is 5.97 Å². The highest BCUT2D eigenvalue weighted by Gasteiger charge is 2.10. The van der Waals surface area contributed by atoms with Gasteiger partial charge in [-0.3, -0.25) is 9.59 Å². The number of aromatic hydroxyl groups is 1. The summed E-state index contributed by atoms with van der Waals surface area (Å²) in [5.41, 5.74) is 3.40. The highest BCUT2D eigenvalue weighted by Crippen LogP contribution is 2.16. The third-order valence-electron chi connectivity index (χ3n) is 3.32. The smallest absolute Gasteiger partial charge is 0.310 e. The molecule has 0 spiro atoms. The van der Waals surface area contributed by atoms with Crippen LogP contribution >= 0.6 is 0 Å². The van der Waals surface area contributed by atoms with Gasteiger partial charge >= 0.3 is 5.97 Å². The standard InChI is InChI=1S/C18H19NO4/c1-12-3-4-13(2)16(9-12)19-17(21)11-23-18(22)10-14-5-7-15(20)8-6-14/h3-9,20H,10-11H2,1-2H3,(H,19,21). The number of carbonyl (C=O) groups excluding carboxylic acids is 2. The van der Waals surface area contributed by atoms with E-state index in [1.54, 1.807) is 12.1 Å². The van der Waals surface area contributed by atoms with Gasteiger partial charge in [0, 0.05) is 5.69 Å². The van der Waals surface area contributed by atoms with Crippen LogP contribution in [0.25, 0.3) is 0 Å². The van der Waals surface area contributed by atoms with Crippen molar-refractivity contribution in [3.63, 3.8) is 0 Å². The predicted molar refractivity (Wildman–Crippen MR) is 87.3 cm³/mol. The minimum absolute atomic E-state index is 0.0526. The predicted octanol–water partition coefficient (Wildman–Crippen LogP) is 2.73. The quantitative estimate of drug-likeness (QED) is 0.832. The zero-order valence-corrected chi connectivity index (χ0v) is 13.1. The van der Waals surface area contributed by atoms with Gasteiger partial charge in [0.15, 0.2) is 6.61 Å². The SMILES string of the molecule is Cc1ccc(C)c(NC(=O)COC(=O)Cc2ccc(O)cc2)c1. The van der Waals surface area contributed by atoms with Crippen molar-refractivity contribution in [1.29, 1.82) is 0 Å². The average Bonchev–Trinajstić information content (AvgIpc) is 2.51. The van der Waals surface area contributed by atoms with Crippen molar-refractivity contribution in [2.45, 2.75) is 20.3 Å². The molecular weight excluding hydrogens is 294 g/mol. The number of hydrogen-bond acceptors (Lipinski definition) is 4. The summed E-state index contributed by atoms with van der Waals surface area (Å²) in [6.45, 7) is 3.50. The summed E-state index contributed by atoms with van der Waals surface area (Å²) < 4.78 is 4.97. The van der Waals surface area contributed by atoms with Gasteiger partial charge in [0.25, 0.3) is 5.91 Å². The molecule has 0 aliphatic heterocycles. The van der Waals surface area contributed by atoms with Crippen molar-refractivity contribution in [2.75, 3.05) is 11.9 Å². The molecule has 5 nitrogen and oxygen atoms in total. The molecule has 0 aliphatic carbocycles. The number of phenolic OH excluding ortho intramolecular Hbond substituents is 1. The normalized spacial score (nSPS) is 10.2. The molecule has 0 bridgehead atoms. The van der Waals surface area contributed by atoms with E-state index in [-0.39, 0.29) is 24.7 Å². The lowest BCUT2D eigenvalue weighted by molar-refractivity contribution is -0.146. The zero-order valence-electron chi connectivity index (χ0n) is 13.1. The maximum atomic E-state index is 11.9. The van der Waals surface area contributed by atoms with Gasteiger partial charge in [0.05, 0.1) is 6.42 Å². The number of rotatable bonds is 5. The van der Waals surface area contributed by atoms with Crippen molar-refractivity contribution in [1.82, 2.24) is 0 Å². The number of benzene rings is 2. The first-order valence-electron chi connectivity index (χ1n) is 7.24. The number of amides is 1. The molecule has 0 unspecified atom stereocenters. The van der Waals surface area contributed by atoms with Gasteiger partial charge in [0.2, 0.25) is 0 Å². The molecule has 0 radical (unpaired) electrons. The molecule has 0 saturated heterocycles. The topological polar surface area (TPSA) is 75.6 Å². The zero-order chi connectivity index (χ0) is 16.8. The number of aryl methyl sites for hydroxylation is 2. The van der Waals surface area contributed by atoms with Crippen LogP contribution in [-0.2, 0) is 20.7 Å². The van der Waals surface area contributed by atoms with E-state index in [4.69, 9.17) is 4.74 Å². The Hall–Kier alpha value is -2.82. The first-order chi connectivity index (χ1) is 10.9. The summed E-state index contributed by atoms with van der Waals surface area (Å²) in [5, 5.41) is 11.9. The Morgan fingerprint density at radius 3 is 2.48 bits per heavy atom. The Morgan fingerprint density at radius 1 is 1.09 bits per heavy atom. The Morgan fingerprint density at radius 2 is 1.78 bits per heavy atom. The molecular formula is C18H19NO4. The van der Waals surface area contributed by atoms with E-state index in [1.165, 1.54) is 12.1 Å². The molecule has 2 aromatic carbocycles. The summed E-state index contributed by atoms with van der Waals surface area (Å²) >= 11 is 0. The first-order valence-corrected chi connectivity index (χ1v) is 7.24. The molecule has 5 heteroatoms. The molecule has 1 amide bonds. The number of phenols is 1. The van der Waals surface area contributed by atoms with Gasteiger partial charge in [-0.05, 0) is 48.7 Å². The molecule has 0 saturated carbocycles. The molecule has 2 N–H and O–H groups in total. The second kappa shape index (κ2) is 7.45. The third kappa shape index (κ3) is 5.14. The highest BCUT2D eigenvalue weighted by molar-refractivity contribution is 5.93. The summed E-state index contributed by atoms with van der Waals surface area (Å²) in [7, 11) is 0. The van der Waals surface area contributed by atoms with Gasteiger partial charge in [-0.25, -0.2) is 0 Å². The van der Waals surface area contributed by atoms with Crippen molar-refractivity contribution >= 4 is 17.6 Å². The Labute approximate surface area is 134 Å². The van der Waals surface area contributed by atoms with Crippen LogP contribution in [0.5, 0.6) is 5.75 Å². The van der Waals surface area contributed by atoms with Crippen molar-refractivity contribution < 1.29 is 19.4 Å². The molecule has 2 aromatic rings.